The summed E-state index contributed by atoms with van der Waals surface area (Å²) in [6.45, 7) is 6.06. The first-order valence-corrected chi connectivity index (χ1v) is 6.88. The number of benzene rings is 1. The lowest BCUT2D eigenvalue weighted by Gasteiger charge is -2.38. The van der Waals surface area contributed by atoms with Gasteiger partial charge in [-0.25, -0.2) is 0 Å². The average molecular weight is 247 g/mol. The number of thiophene rings is 1. The molecule has 0 aliphatic carbocycles. The predicted octanol–water partition coefficient (Wildman–Crippen LogP) is 3.03. The van der Waals surface area contributed by atoms with Crippen molar-refractivity contribution in [2.24, 2.45) is 5.41 Å². The van der Waals surface area contributed by atoms with Gasteiger partial charge in [0, 0.05) is 23.2 Å². The van der Waals surface area contributed by atoms with E-state index < -0.39 is 0 Å². The summed E-state index contributed by atoms with van der Waals surface area (Å²) in [6, 6.07) is 8.60. The highest BCUT2D eigenvalue weighted by Crippen LogP contribution is 2.27. The Labute approximate surface area is 106 Å². The molecule has 0 atom stereocenters. The van der Waals surface area contributed by atoms with Crippen LogP contribution in [0.25, 0.3) is 10.1 Å². The first-order valence-electron chi connectivity index (χ1n) is 6.00. The molecular weight excluding hydrogens is 230 g/mol. The highest BCUT2D eigenvalue weighted by Gasteiger charge is 2.32. The SMILES string of the molecule is CC1(CNCc2csc3ccccc23)COC1. The summed E-state index contributed by atoms with van der Waals surface area (Å²) < 4.78 is 6.64. The van der Waals surface area contributed by atoms with E-state index in [-0.39, 0.29) is 0 Å². The summed E-state index contributed by atoms with van der Waals surface area (Å²) in [5.74, 6) is 0. The molecule has 1 aliphatic heterocycles. The second-order valence-electron chi connectivity index (χ2n) is 5.16. The molecule has 0 radical (unpaired) electrons. The van der Waals surface area contributed by atoms with Crippen molar-refractivity contribution in [3.63, 3.8) is 0 Å². The molecule has 2 aromatic rings. The van der Waals surface area contributed by atoms with E-state index in [2.05, 4.69) is 41.9 Å². The number of ether oxygens (including phenoxy) is 1. The molecule has 3 heteroatoms. The molecule has 0 amide bonds. The van der Waals surface area contributed by atoms with E-state index in [0.29, 0.717) is 5.41 Å². The predicted molar refractivity (Wildman–Crippen MR) is 72.5 cm³/mol. The van der Waals surface area contributed by atoms with Crippen LogP contribution in [-0.2, 0) is 11.3 Å². The molecule has 0 unspecified atom stereocenters. The average Bonchev–Trinajstić information content (AvgIpc) is 2.71. The van der Waals surface area contributed by atoms with Gasteiger partial charge in [-0.2, -0.15) is 0 Å². The summed E-state index contributed by atoms with van der Waals surface area (Å²) in [4.78, 5) is 0. The molecule has 3 rings (SSSR count). The second kappa shape index (κ2) is 4.41. The van der Waals surface area contributed by atoms with Crippen LogP contribution in [0.2, 0.25) is 0 Å². The van der Waals surface area contributed by atoms with Crippen LogP contribution in [0.1, 0.15) is 12.5 Å². The molecule has 2 nitrogen and oxygen atoms in total. The van der Waals surface area contributed by atoms with Crippen LogP contribution in [0.3, 0.4) is 0 Å². The fraction of sp³-hybridized carbons (Fsp3) is 0.429. The molecule has 2 heterocycles. The monoisotopic (exact) mass is 247 g/mol. The zero-order chi connectivity index (χ0) is 11.7. The van der Waals surface area contributed by atoms with E-state index in [1.807, 2.05) is 11.3 Å². The summed E-state index contributed by atoms with van der Waals surface area (Å²) >= 11 is 1.83. The van der Waals surface area contributed by atoms with Gasteiger partial charge in [-0.15, -0.1) is 11.3 Å². The number of hydrogen-bond donors (Lipinski definition) is 1. The molecule has 17 heavy (non-hydrogen) atoms. The Morgan fingerprint density at radius 1 is 1.35 bits per heavy atom. The van der Waals surface area contributed by atoms with Crippen LogP contribution in [0.15, 0.2) is 29.6 Å². The Kier molecular flexibility index (Phi) is 2.90. The Bertz CT molecular complexity index is 516. The van der Waals surface area contributed by atoms with E-state index >= 15 is 0 Å². The number of nitrogens with one attached hydrogen (secondary N) is 1. The van der Waals surface area contributed by atoms with Gasteiger partial charge in [0.15, 0.2) is 0 Å². The van der Waals surface area contributed by atoms with E-state index in [0.717, 1.165) is 26.3 Å². The minimum Gasteiger partial charge on any atom is -0.380 e. The molecule has 1 aromatic heterocycles. The Morgan fingerprint density at radius 2 is 2.18 bits per heavy atom. The standard InChI is InChI=1S/C14H17NOS/c1-14(9-16-10-14)8-15-6-11-7-17-13-5-3-2-4-12(11)13/h2-5,7,15H,6,8-10H2,1H3. The summed E-state index contributed by atoms with van der Waals surface area (Å²) in [6.07, 6.45) is 0. The maximum Gasteiger partial charge on any atom is 0.0554 e. The number of fused-ring (bicyclic) bond motifs is 1. The van der Waals surface area contributed by atoms with Gasteiger partial charge in [0.2, 0.25) is 0 Å². The van der Waals surface area contributed by atoms with Gasteiger partial charge in [-0.05, 0) is 22.4 Å². The molecule has 90 valence electrons. The van der Waals surface area contributed by atoms with E-state index in [1.54, 1.807) is 0 Å². The highest BCUT2D eigenvalue weighted by molar-refractivity contribution is 7.17. The summed E-state index contributed by atoms with van der Waals surface area (Å²) in [7, 11) is 0. The quantitative estimate of drug-likeness (QED) is 0.896. The van der Waals surface area contributed by atoms with Gasteiger partial charge >= 0.3 is 0 Å². The van der Waals surface area contributed by atoms with E-state index in [4.69, 9.17) is 4.74 Å². The third kappa shape index (κ3) is 2.23. The maximum atomic E-state index is 5.26. The topological polar surface area (TPSA) is 21.3 Å². The van der Waals surface area contributed by atoms with Crippen molar-refractivity contribution in [1.82, 2.24) is 5.32 Å². The minimum absolute atomic E-state index is 0.353. The smallest absolute Gasteiger partial charge is 0.0554 e. The minimum atomic E-state index is 0.353. The zero-order valence-electron chi connectivity index (χ0n) is 10.0. The van der Waals surface area contributed by atoms with Gasteiger partial charge in [0.1, 0.15) is 0 Å². The van der Waals surface area contributed by atoms with Crippen molar-refractivity contribution in [1.29, 1.82) is 0 Å². The summed E-state index contributed by atoms with van der Waals surface area (Å²) in [5.41, 5.74) is 1.76. The van der Waals surface area contributed by atoms with Crippen molar-refractivity contribution in [2.75, 3.05) is 19.8 Å². The van der Waals surface area contributed by atoms with Crippen LogP contribution < -0.4 is 5.32 Å². The molecule has 1 saturated heterocycles. The second-order valence-corrected chi connectivity index (χ2v) is 6.08. The molecule has 1 N–H and O–H groups in total. The van der Waals surface area contributed by atoms with Crippen molar-refractivity contribution >= 4 is 21.4 Å². The Morgan fingerprint density at radius 3 is 2.94 bits per heavy atom. The van der Waals surface area contributed by atoms with E-state index in [1.165, 1.54) is 15.6 Å². The summed E-state index contributed by atoms with van der Waals surface area (Å²) in [5, 5.41) is 7.20. The number of hydrogen-bond acceptors (Lipinski definition) is 3. The third-order valence-corrected chi connectivity index (χ3v) is 4.34. The van der Waals surface area contributed by atoms with Crippen molar-refractivity contribution in [2.45, 2.75) is 13.5 Å². The Hall–Kier alpha value is -0.900. The number of rotatable bonds is 4. The van der Waals surface area contributed by atoms with Gasteiger partial charge in [0.25, 0.3) is 0 Å². The molecule has 1 fully saturated rings. The highest BCUT2D eigenvalue weighted by atomic mass is 32.1. The lowest BCUT2D eigenvalue weighted by molar-refractivity contribution is -0.0991. The molecular formula is C14H17NOS. The maximum absolute atomic E-state index is 5.26. The lowest BCUT2D eigenvalue weighted by Crippen LogP contribution is -2.47. The lowest BCUT2D eigenvalue weighted by atomic mass is 9.89. The molecule has 1 aromatic carbocycles. The van der Waals surface area contributed by atoms with Crippen LogP contribution in [0.5, 0.6) is 0 Å². The van der Waals surface area contributed by atoms with Crippen LogP contribution >= 0.6 is 11.3 Å². The van der Waals surface area contributed by atoms with Crippen molar-refractivity contribution < 1.29 is 4.74 Å². The third-order valence-electron chi connectivity index (χ3n) is 3.33. The molecule has 0 bridgehead atoms. The normalized spacial score (nSPS) is 18.2. The molecule has 0 saturated carbocycles. The van der Waals surface area contributed by atoms with Crippen molar-refractivity contribution in [3.05, 3.63) is 35.2 Å². The van der Waals surface area contributed by atoms with Gasteiger partial charge < -0.3 is 10.1 Å². The molecule has 1 aliphatic rings. The molecule has 0 spiro atoms. The van der Waals surface area contributed by atoms with Crippen LogP contribution in [0.4, 0.5) is 0 Å². The van der Waals surface area contributed by atoms with Gasteiger partial charge in [-0.3, -0.25) is 0 Å². The zero-order valence-corrected chi connectivity index (χ0v) is 10.8. The first kappa shape index (κ1) is 11.2. The first-order chi connectivity index (χ1) is 8.27. The fourth-order valence-electron chi connectivity index (χ4n) is 2.22. The van der Waals surface area contributed by atoms with Gasteiger partial charge in [0.05, 0.1) is 13.2 Å². The fourth-order valence-corrected chi connectivity index (χ4v) is 3.18. The van der Waals surface area contributed by atoms with Crippen LogP contribution in [-0.4, -0.2) is 19.8 Å². The Balaban J connectivity index is 1.65. The van der Waals surface area contributed by atoms with Crippen LogP contribution in [0, 0.1) is 5.41 Å². The largest absolute Gasteiger partial charge is 0.380 e. The van der Waals surface area contributed by atoms with Gasteiger partial charge in [-0.1, -0.05) is 25.1 Å². The van der Waals surface area contributed by atoms with Crippen molar-refractivity contribution in [3.8, 4) is 0 Å². The van der Waals surface area contributed by atoms with E-state index in [9.17, 15) is 0 Å².